The van der Waals surface area contributed by atoms with Crippen molar-refractivity contribution in [1.82, 2.24) is 19.6 Å². The Morgan fingerprint density at radius 2 is 2.00 bits per heavy atom. The van der Waals surface area contributed by atoms with E-state index in [1.54, 1.807) is 17.1 Å². The van der Waals surface area contributed by atoms with Crippen molar-refractivity contribution >= 4 is 17.3 Å². The molecular weight excluding hydrogens is 336 g/mol. The largest absolute Gasteiger partial charge is 0.322 e. The molecule has 2 aromatic heterocycles. The third kappa shape index (κ3) is 3.94. The normalized spacial score (nSPS) is 10.7. The lowest BCUT2D eigenvalue weighted by atomic mass is 10.1. The standard InChI is InChI=1S/C17H18N6O3/c1-12-5-3-4-6-14(12)8-21-9-15(7-18-21)19-17(24)11-22-10-16(23(25)26)13(2)20-22/h3-7,9-10H,8,11H2,1-2H3,(H,19,24). The summed E-state index contributed by atoms with van der Waals surface area (Å²) in [6.07, 6.45) is 4.55. The van der Waals surface area contributed by atoms with Crippen LogP contribution >= 0.6 is 0 Å². The van der Waals surface area contributed by atoms with Gasteiger partial charge in [0, 0.05) is 6.20 Å². The van der Waals surface area contributed by atoms with Gasteiger partial charge in [-0.1, -0.05) is 24.3 Å². The molecule has 0 saturated carbocycles. The molecular formula is C17H18N6O3. The molecule has 1 N–H and O–H groups in total. The van der Waals surface area contributed by atoms with Crippen molar-refractivity contribution in [3.05, 3.63) is 69.8 Å². The van der Waals surface area contributed by atoms with E-state index >= 15 is 0 Å². The van der Waals surface area contributed by atoms with Gasteiger partial charge in [0.15, 0.2) is 0 Å². The number of hydrogen-bond acceptors (Lipinski definition) is 5. The number of carbonyl (C=O) groups excluding carboxylic acids is 1. The highest BCUT2D eigenvalue weighted by Crippen LogP contribution is 2.15. The van der Waals surface area contributed by atoms with Crippen LogP contribution in [-0.4, -0.2) is 30.4 Å². The van der Waals surface area contributed by atoms with Crippen molar-refractivity contribution in [1.29, 1.82) is 0 Å². The van der Waals surface area contributed by atoms with E-state index in [1.807, 2.05) is 31.2 Å². The number of carbonyl (C=O) groups is 1. The summed E-state index contributed by atoms with van der Waals surface area (Å²) in [6.45, 7) is 4.06. The fraction of sp³-hybridized carbons (Fsp3) is 0.235. The fourth-order valence-corrected chi connectivity index (χ4v) is 2.59. The molecule has 0 saturated heterocycles. The zero-order chi connectivity index (χ0) is 18.7. The molecule has 0 spiro atoms. The molecule has 26 heavy (non-hydrogen) atoms. The minimum absolute atomic E-state index is 0.108. The van der Waals surface area contributed by atoms with Crippen LogP contribution in [0, 0.1) is 24.0 Å². The number of nitro groups is 1. The summed E-state index contributed by atoms with van der Waals surface area (Å²) in [5.74, 6) is -0.335. The molecule has 0 fully saturated rings. The minimum Gasteiger partial charge on any atom is -0.322 e. The molecule has 0 bridgehead atoms. The second-order valence-electron chi connectivity index (χ2n) is 5.96. The van der Waals surface area contributed by atoms with Gasteiger partial charge in [-0.25, -0.2) is 0 Å². The predicted octanol–water partition coefficient (Wildman–Crippen LogP) is 2.29. The van der Waals surface area contributed by atoms with Gasteiger partial charge >= 0.3 is 5.69 Å². The number of anilines is 1. The average molecular weight is 354 g/mol. The van der Waals surface area contributed by atoms with Crippen LogP contribution in [-0.2, 0) is 17.9 Å². The van der Waals surface area contributed by atoms with Crippen LogP contribution in [0.5, 0.6) is 0 Å². The lowest BCUT2D eigenvalue weighted by molar-refractivity contribution is -0.385. The van der Waals surface area contributed by atoms with Crippen molar-refractivity contribution in [2.24, 2.45) is 0 Å². The summed E-state index contributed by atoms with van der Waals surface area (Å²) < 4.78 is 2.99. The van der Waals surface area contributed by atoms with Crippen molar-refractivity contribution in [3.8, 4) is 0 Å². The first-order valence-corrected chi connectivity index (χ1v) is 7.97. The second-order valence-corrected chi connectivity index (χ2v) is 5.96. The summed E-state index contributed by atoms with van der Waals surface area (Å²) in [5.41, 5.74) is 3.04. The maximum atomic E-state index is 12.1. The number of benzene rings is 1. The van der Waals surface area contributed by atoms with Crippen molar-refractivity contribution in [2.75, 3.05) is 5.32 Å². The number of aromatic nitrogens is 4. The predicted molar refractivity (Wildman–Crippen MR) is 94.8 cm³/mol. The van der Waals surface area contributed by atoms with Gasteiger partial charge in [0.2, 0.25) is 5.91 Å². The Labute approximate surface area is 149 Å². The van der Waals surface area contributed by atoms with Gasteiger partial charge in [-0.15, -0.1) is 0 Å². The Kier molecular flexibility index (Phi) is 4.78. The molecule has 0 aliphatic carbocycles. The number of aryl methyl sites for hydroxylation is 2. The molecule has 0 atom stereocenters. The quantitative estimate of drug-likeness (QED) is 0.540. The van der Waals surface area contributed by atoms with E-state index in [9.17, 15) is 14.9 Å². The molecule has 0 aliphatic rings. The number of nitrogens with zero attached hydrogens (tertiary/aromatic N) is 5. The van der Waals surface area contributed by atoms with E-state index in [0.29, 0.717) is 12.2 Å². The SMILES string of the molecule is Cc1ccccc1Cn1cc(NC(=O)Cn2cc([N+](=O)[O-])c(C)n2)cn1. The third-order valence-corrected chi connectivity index (χ3v) is 3.93. The Hall–Kier alpha value is -3.49. The highest BCUT2D eigenvalue weighted by molar-refractivity contribution is 5.90. The molecule has 134 valence electrons. The molecule has 9 nitrogen and oxygen atoms in total. The van der Waals surface area contributed by atoms with E-state index < -0.39 is 4.92 Å². The van der Waals surface area contributed by atoms with Gasteiger partial charge in [-0.05, 0) is 25.0 Å². The van der Waals surface area contributed by atoms with Gasteiger partial charge < -0.3 is 5.32 Å². The third-order valence-electron chi connectivity index (χ3n) is 3.93. The number of amides is 1. The van der Waals surface area contributed by atoms with Crippen LogP contribution in [0.3, 0.4) is 0 Å². The lowest BCUT2D eigenvalue weighted by Crippen LogP contribution is -2.18. The fourth-order valence-electron chi connectivity index (χ4n) is 2.59. The molecule has 0 aliphatic heterocycles. The van der Waals surface area contributed by atoms with E-state index in [0.717, 1.165) is 5.56 Å². The maximum Gasteiger partial charge on any atom is 0.309 e. The van der Waals surface area contributed by atoms with E-state index in [-0.39, 0.29) is 23.8 Å². The summed E-state index contributed by atoms with van der Waals surface area (Å²) in [4.78, 5) is 22.4. The Bertz CT molecular complexity index is 959. The van der Waals surface area contributed by atoms with Crippen LogP contribution in [0.15, 0.2) is 42.9 Å². The van der Waals surface area contributed by atoms with Gasteiger partial charge in [0.1, 0.15) is 18.4 Å². The molecule has 2 heterocycles. The first kappa shape index (κ1) is 17.3. The topological polar surface area (TPSA) is 108 Å². The zero-order valence-electron chi connectivity index (χ0n) is 14.4. The second kappa shape index (κ2) is 7.18. The molecule has 0 radical (unpaired) electrons. The van der Waals surface area contributed by atoms with Crippen molar-refractivity contribution < 1.29 is 9.72 Å². The van der Waals surface area contributed by atoms with Crippen LogP contribution < -0.4 is 5.32 Å². The first-order chi connectivity index (χ1) is 12.4. The van der Waals surface area contributed by atoms with Crippen LogP contribution in [0.25, 0.3) is 0 Å². The number of rotatable bonds is 6. The first-order valence-electron chi connectivity index (χ1n) is 7.97. The average Bonchev–Trinajstić information content (AvgIpc) is 3.16. The highest BCUT2D eigenvalue weighted by atomic mass is 16.6. The van der Waals surface area contributed by atoms with Gasteiger partial charge in [0.05, 0.1) is 23.4 Å². The Morgan fingerprint density at radius 1 is 1.23 bits per heavy atom. The van der Waals surface area contributed by atoms with Gasteiger partial charge in [-0.3, -0.25) is 24.3 Å². The van der Waals surface area contributed by atoms with E-state index in [4.69, 9.17) is 0 Å². The molecule has 3 rings (SSSR count). The highest BCUT2D eigenvalue weighted by Gasteiger charge is 2.16. The maximum absolute atomic E-state index is 12.1. The molecule has 1 aromatic carbocycles. The number of hydrogen-bond donors (Lipinski definition) is 1. The van der Waals surface area contributed by atoms with Crippen molar-refractivity contribution in [2.45, 2.75) is 26.9 Å². The Morgan fingerprint density at radius 3 is 2.69 bits per heavy atom. The molecule has 3 aromatic rings. The van der Waals surface area contributed by atoms with Gasteiger partial charge in [0.25, 0.3) is 0 Å². The van der Waals surface area contributed by atoms with E-state index in [2.05, 4.69) is 15.5 Å². The Balaban J connectivity index is 1.62. The summed E-state index contributed by atoms with van der Waals surface area (Å²) in [7, 11) is 0. The van der Waals surface area contributed by atoms with Crippen LogP contribution in [0.4, 0.5) is 11.4 Å². The van der Waals surface area contributed by atoms with Crippen LogP contribution in [0.2, 0.25) is 0 Å². The monoisotopic (exact) mass is 354 g/mol. The molecule has 9 heteroatoms. The molecule has 1 amide bonds. The zero-order valence-corrected chi connectivity index (χ0v) is 14.4. The number of nitrogens with one attached hydrogen (secondary N) is 1. The smallest absolute Gasteiger partial charge is 0.309 e. The van der Waals surface area contributed by atoms with Gasteiger partial charge in [-0.2, -0.15) is 10.2 Å². The summed E-state index contributed by atoms with van der Waals surface area (Å²) in [5, 5.41) is 21.8. The van der Waals surface area contributed by atoms with E-state index in [1.165, 1.54) is 23.4 Å². The lowest BCUT2D eigenvalue weighted by Gasteiger charge is -2.05. The minimum atomic E-state index is -0.521. The van der Waals surface area contributed by atoms with Crippen LogP contribution in [0.1, 0.15) is 16.8 Å². The summed E-state index contributed by atoms with van der Waals surface area (Å²) in [6, 6.07) is 8.02. The van der Waals surface area contributed by atoms with Crippen molar-refractivity contribution in [3.63, 3.8) is 0 Å². The molecule has 0 unspecified atom stereocenters. The summed E-state index contributed by atoms with van der Waals surface area (Å²) >= 11 is 0.